The average Bonchev–Trinajstić information content (AvgIpc) is 2.63. The fraction of sp³-hybridized carbons (Fsp3) is 0.0526. The molecule has 0 bridgehead atoms. The number of halogens is 1. The van der Waals surface area contributed by atoms with Crippen molar-refractivity contribution in [2.24, 2.45) is 0 Å². The summed E-state index contributed by atoms with van der Waals surface area (Å²) in [6, 6.07) is 17.3. The second-order valence-electron chi connectivity index (χ2n) is 5.10. The Morgan fingerprint density at radius 2 is 1.84 bits per heavy atom. The van der Waals surface area contributed by atoms with Gasteiger partial charge < -0.3 is 14.8 Å². The maximum atomic E-state index is 12.6. The van der Waals surface area contributed by atoms with Crippen LogP contribution < -0.4 is 14.8 Å². The number of carbonyl (C=O) groups is 1. The van der Waals surface area contributed by atoms with Crippen molar-refractivity contribution in [1.82, 2.24) is 4.98 Å². The standard InChI is InChI=1S/C19H15ClN2O3/c1-24-15-9-7-14(8-10-15)22-18(23)17-6-3-11-21-19(17)25-16-5-2-4-13(20)12-16/h2-12H,1H3,(H,22,23). The topological polar surface area (TPSA) is 60.5 Å². The van der Waals surface area contributed by atoms with Gasteiger partial charge in [0.05, 0.1) is 7.11 Å². The van der Waals surface area contributed by atoms with Gasteiger partial charge in [-0.3, -0.25) is 4.79 Å². The summed E-state index contributed by atoms with van der Waals surface area (Å²) >= 11 is 5.96. The highest BCUT2D eigenvalue weighted by Gasteiger charge is 2.14. The van der Waals surface area contributed by atoms with Gasteiger partial charge in [-0.1, -0.05) is 17.7 Å². The molecule has 1 amide bonds. The van der Waals surface area contributed by atoms with Gasteiger partial charge >= 0.3 is 0 Å². The van der Waals surface area contributed by atoms with Gasteiger partial charge in [0.15, 0.2) is 0 Å². The number of hydrogen-bond donors (Lipinski definition) is 1. The molecule has 1 aromatic heterocycles. The van der Waals surface area contributed by atoms with E-state index >= 15 is 0 Å². The van der Waals surface area contributed by atoms with Crippen LogP contribution in [0.5, 0.6) is 17.4 Å². The lowest BCUT2D eigenvalue weighted by Crippen LogP contribution is -2.13. The first-order valence-electron chi connectivity index (χ1n) is 7.49. The number of anilines is 1. The summed E-state index contributed by atoms with van der Waals surface area (Å²) in [5.74, 6) is 1.10. The highest BCUT2D eigenvalue weighted by Crippen LogP contribution is 2.26. The van der Waals surface area contributed by atoms with Crippen molar-refractivity contribution in [3.8, 4) is 17.4 Å². The van der Waals surface area contributed by atoms with Crippen molar-refractivity contribution in [3.05, 3.63) is 77.4 Å². The minimum absolute atomic E-state index is 0.204. The molecule has 1 heterocycles. The van der Waals surface area contributed by atoms with Crippen LogP contribution in [0, 0.1) is 0 Å². The molecule has 0 aliphatic carbocycles. The maximum Gasteiger partial charge on any atom is 0.261 e. The molecule has 3 aromatic rings. The first kappa shape index (κ1) is 16.8. The number of aromatic nitrogens is 1. The predicted octanol–water partition coefficient (Wildman–Crippen LogP) is 4.79. The van der Waals surface area contributed by atoms with Gasteiger partial charge in [-0.25, -0.2) is 4.98 Å². The third-order valence-corrected chi connectivity index (χ3v) is 3.61. The van der Waals surface area contributed by atoms with Gasteiger partial charge in [-0.2, -0.15) is 0 Å². The second-order valence-corrected chi connectivity index (χ2v) is 5.53. The highest BCUT2D eigenvalue weighted by atomic mass is 35.5. The molecule has 0 saturated carbocycles. The summed E-state index contributed by atoms with van der Waals surface area (Å²) in [5.41, 5.74) is 0.960. The van der Waals surface area contributed by atoms with E-state index in [9.17, 15) is 4.79 Å². The van der Waals surface area contributed by atoms with E-state index in [1.54, 1.807) is 74.0 Å². The van der Waals surface area contributed by atoms with Crippen LogP contribution in [0.25, 0.3) is 0 Å². The van der Waals surface area contributed by atoms with E-state index in [2.05, 4.69) is 10.3 Å². The van der Waals surface area contributed by atoms with Crippen molar-refractivity contribution in [2.75, 3.05) is 12.4 Å². The molecule has 25 heavy (non-hydrogen) atoms. The number of benzene rings is 2. The number of nitrogens with one attached hydrogen (secondary N) is 1. The normalized spacial score (nSPS) is 10.2. The third kappa shape index (κ3) is 4.28. The van der Waals surface area contributed by atoms with E-state index in [0.29, 0.717) is 27.8 Å². The smallest absolute Gasteiger partial charge is 0.261 e. The Bertz CT molecular complexity index is 882. The fourth-order valence-electron chi connectivity index (χ4n) is 2.16. The molecule has 126 valence electrons. The van der Waals surface area contributed by atoms with Crippen LogP contribution >= 0.6 is 11.6 Å². The van der Waals surface area contributed by atoms with Gasteiger partial charge in [-0.15, -0.1) is 0 Å². The first-order chi connectivity index (χ1) is 12.2. The summed E-state index contributed by atoms with van der Waals surface area (Å²) in [7, 11) is 1.59. The number of methoxy groups -OCH3 is 1. The number of nitrogens with zero attached hydrogens (tertiary/aromatic N) is 1. The lowest BCUT2D eigenvalue weighted by molar-refractivity contribution is 0.102. The molecular formula is C19H15ClN2O3. The van der Waals surface area contributed by atoms with E-state index < -0.39 is 0 Å². The molecule has 0 spiro atoms. The molecule has 0 saturated heterocycles. The summed E-state index contributed by atoms with van der Waals surface area (Å²) in [4.78, 5) is 16.7. The van der Waals surface area contributed by atoms with Gasteiger partial charge in [0.1, 0.15) is 17.1 Å². The summed E-state index contributed by atoms with van der Waals surface area (Å²) in [5, 5.41) is 3.35. The quantitative estimate of drug-likeness (QED) is 0.715. The molecule has 6 heteroatoms. The molecule has 2 aromatic carbocycles. The molecule has 5 nitrogen and oxygen atoms in total. The fourth-order valence-corrected chi connectivity index (χ4v) is 2.34. The predicted molar refractivity (Wildman–Crippen MR) is 96.7 cm³/mol. The maximum absolute atomic E-state index is 12.6. The number of rotatable bonds is 5. The lowest BCUT2D eigenvalue weighted by Gasteiger charge is -2.11. The van der Waals surface area contributed by atoms with Gasteiger partial charge in [0.2, 0.25) is 5.88 Å². The van der Waals surface area contributed by atoms with Crippen molar-refractivity contribution < 1.29 is 14.3 Å². The summed E-state index contributed by atoms with van der Waals surface area (Å²) < 4.78 is 10.8. The number of hydrogen-bond acceptors (Lipinski definition) is 4. The van der Waals surface area contributed by atoms with Crippen LogP contribution in [-0.4, -0.2) is 18.0 Å². The van der Waals surface area contributed by atoms with Gasteiger partial charge in [0.25, 0.3) is 5.91 Å². The van der Waals surface area contributed by atoms with E-state index in [0.717, 1.165) is 0 Å². The van der Waals surface area contributed by atoms with E-state index in [1.165, 1.54) is 0 Å². The molecule has 0 aliphatic heterocycles. The number of ether oxygens (including phenoxy) is 2. The Hall–Kier alpha value is -3.05. The molecular weight excluding hydrogens is 340 g/mol. The van der Waals surface area contributed by atoms with E-state index in [1.807, 2.05) is 0 Å². The van der Waals surface area contributed by atoms with Crippen LogP contribution in [-0.2, 0) is 0 Å². The molecule has 1 N–H and O–H groups in total. The van der Waals surface area contributed by atoms with E-state index in [4.69, 9.17) is 21.1 Å². The first-order valence-corrected chi connectivity index (χ1v) is 7.87. The van der Waals surface area contributed by atoms with Crippen LogP contribution in [0.1, 0.15) is 10.4 Å². The molecule has 0 atom stereocenters. The second kappa shape index (κ2) is 7.68. The largest absolute Gasteiger partial charge is 0.497 e. The minimum atomic E-state index is -0.324. The number of pyridine rings is 1. The Kier molecular flexibility index (Phi) is 5.16. The highest BCUT2D eigenvalue weighted by molar-refractivity contribution is 6.30. The molecule has 3 rings (SSSR count). The summed E-state index contributed by atoms with van der Waals surface area (Å²) in [6.07, 6.45) is 1.56. The van der Waals surface area contributed by atoms with Crippen LogP contribution in [0.3, 0.4) is 0 Å². The van der Waals surface area contributed by atoms with Crippen molar-refractivity contribution in [2.45, 2.75) is 0 Å². The van der Waals surface area contributed by atoms with Crippen LogP contribution in [0.4, 0.5) is 5.69 Å². The monoisotopic (exact) mass is 354 g/mol. The molecule has 0 radical (unpaired) electrons. The minimum Gasteiger partial charge on any atom is -0.497 e. The average molecular weight is 355 g/mol. The number of carbonyl (C=O) groups excluding carboxylic acids is 1. The van der Waals surface area contributed by atoms with Crippen molar-refractivity contribution in [1.29, 1.82) is 0 Å². The Morgan fingerprint density at radius 1 is 1.04 bits per heavy atom. The van der Waals surface area contributed by atoms with Gasteiger partial charge in [0, 0.05) is 16.9 Å². The number of amides is 1. The Balaban J connectivity index is 1.80. The Morgan fingerprint density at radius 3 is 2.56 bits per heavy atom. The van der Waals surface area contributed by atoms with Crippen LogP contribution in [0.2, 0.25) is 5.02 Å². The van der Waals surface area contributed by atoms with Gasteiger partial charge in [-0.05, 0) is 54.6 Å². The zero-order valence-electron chi connectivity index (χ0n) is 13.4. The third-order valence-electron chi connectivity index (χ3n) is 3.37. The van der Waals surface area contributed by atoms with Crippen molar-refractivity contribution in [3.63, 3.8) is 0 Å². The zero-order chi connectivity index (χ0) is 17.6. The van der Waals surface area contributed by atoms with Crippen LogP contribution in [0.15, 0.2) is 66.9 Å². The molecule has 0 unspecified atom stereocenters. The van der Waals surface area contributed by atoms with E-state index in [-0.39, 0.29) is 11.8 Å². The Labute approximate surface area is 150 Å². The lowest BCUT2D eigenvalue weighted by atomic mass is 10.2. The molecule has 0 fully saturated rings. The molecule has 0 aliphatic rings. The summed E-state index contributed by atoms with van der Waals surface area (Å²) in [6.45, 7) is 0. The zero-order valence-corrected chi connectivity index (χ0v) is 14.2. The SMILES string of the molecule is COc1ccc(NC(=O)c2cccnc2Oc2cccc(Cl)c2)cc1. The van der Waals surface area contributed by atoms with Crippen molar-refractivity contribution >= 4 is 23.2 Å².